The van der Waals surface area contributed by atoms with Gasteiger partial charge in [-0.15, -0.1) is 0 Å². The average molecular weight is 178 g/mol. The lowest BCUT2D eigenvalue weighted by molar-refractivity contribution is 0.0827. The summed E-state index contributed by atoms with van der Waals surface area (Å²) in [5, 5.41) is 10.5. The highest BCUT2D eigenvalue weighted by molar-refractivity contribution is 5.93. The maximum absolute atomic E-state index is 11.4. The summed E-state index contributed by atoms with van der Waals surface area (Å²) >= 11 is 0. The van der Waals surface area contributed by atoms with Crippen LogP contribution < -0.4 is 0 Å². The van der Waals surface area contributed by atoms with Crippen LogP contribution in [-0.2, 0) is 11.7 Å². The van der Waals surface area contributed by atoms with Gasteiger partial charge in [-0.25, -0.2) is 5.11 Å². The molecule has 1 aromatic rings. The summed E-state index contributed by atoms with van der Waals surface area (Å²) in [6, 6.07) is 6.72. The fraction of sp³-hybridized carbons (Fsp3) is 0.300. The van der Waals surface area contributed by atoms with Crippen molar-refractivity contribution in [2.45, 2.75) is 6.61 Å². The van der Waals surface area contributed by atoms with Crippen molar-refractivity contribution < 1.29 is 9.90 Å². The van der Waals surface area contributed by atoms with Gasteiger partial charge in [0.15, 0.2) is 0 Å². The second kappa shape index (κ2) is 4.05. The number of hydrogen-bond acceptors (Lipinski definition) is 1. The maximum atomic E-state index is 11.4. The largest absolute Gasteiger partial charge is 0.345 e. The molecule has 69 valence electrons. The number of nitrogens with zero attached hydrogens (tertiary/aromatic N) is 1. The number of amides is 1. The monoisotopic (exact) mass is 178 g/mol. The van der Waals surface area contributed by atoms with Crippen LogP contribution in [0.1, 0.15) is 15.9 Å². The van der Waals surface area contributed by atoms with Gasteiger partial charge in [0.05, 0.1) is 0 Å². The molecule has 1 aromatic carbocycles. The van der Waals surface area contributed by atoms with Gasteiger partial charge in [0.25, 0.3) is 5.91 Å². The minimum atomic E-state index is -0.240. The topological polar surface area (TPSA) is 40.2 Å². The zero-order chi connectivity index (χ0) is 9.84. The second-order valence-corrected chi connectivity index (χ2v) is 3.04. The molecule has 13 heavy (non-hydrogen) atoms. The van der Waals surface area contributed by atoms with E-state index in [0.717, 1.165) is 0 Å². The fourth-order valence-corrected chi connectivity index (χ4v) is 1.00. The van der Waals surface area contributed by atoms with Crippen molar-refractivity contribution in [1.29, 1.82) is 0 Å². The Morgan fingerprint density at radius 3 is 2.15 bits per heavy atom. The third kappa shape index (κ3) is 2.29. The molecule has 0 aromatic heterocycles. The van der Waals surface area contributed by atoms with E-state index in [0.29, 0.717) is 11.1 Å². The van der Waals surface area contributed by atoms with Gasteiger partial charge in [0.1, 0.15) is 6.61 Å². The molecule has 0 saturated heterocycles. The van der Waals surface area contributed by atoms with Crippen LogP contribution in [0.4, 0.5) is 0 Å². The SMILES string of the molecule is CN(C)C(=O)c1ccc(C[O])cc1. The van der Waals surface area contributed by atoms with Crippen LogP contribution in [0, 0.1) is 0 Å². The van der Waals surface area contributed by atoms with E-state index >= 15 is 0 Å². The summed E-state index contributed by atoms with van der Waals surface area (Å²) in [7, 11) is 3.40. The molecule has 0 bridgehead atoms. The first-order chi connectivity index (χ1) is 6.15. The summed E-state index contributed by atoms with van der Waals surface area (Å²) in [6.45, 7) is -0.240. The highest BCUT2D eigenvalue weighted by Crippen LogP contribution is 2.06. The second-order valence-electron chi connectivity index (χ2n) is 3.04. The Morgan fingerprint density at radius 2 is 1.77 bits per heavy atom. The molecule has 3 nitrogen and oxygen atoms in total. The van der Waals surface area contributed by atoms with Crippen molar-refractivity contribution in [3.63, 3.8) is 0 Å². The minimum absolute atomic E-state index is 0.0440. The molecule has 0 fully saturated rings. The molecule has 0 heterocycles. The highest BCUT2D eigenvalue weighted by atomic mass is 16.3. The third-order valence-corrected chi connectivity index (χ3v) is 1.77. The summed E-state index contributed by atoms with van der Waals surface area (Å²) in [5.74, 6) is -0.0440. The number of carbonyl (C=O) groups is 1. The van der Waals surface area contributed by atoms with E-state index in [-0.39, 0.29) is 12.5 Å². The zero-order valence-electron chi connectivity index (χ0n) is 7.78. The van der Waals surface area contributed by atoms with Crippen molar-refractivity contribution >= 4 is 5.91 Å². The molecule has 3 heteroatoms. The Labute approximate surface area is 77.6 Å². The average Bonchev–Trinajstić information content (AvgIpc) is 2.17. The zero-order valence-corrected chi connectivity index (χ0v) is 7.78. The summed E-state index contributed by atoms with van der Waals surface area (Å²) in [5.41, 5.74) is 1.32. The molecule has 0 spiro atoms. The first-order valence-electron chi connectivity index (χ1n) is 4.04. The van der Waals surface area contributed by atoms with Crippen molar-refractivity contribution in [3.8, 4) is 0 Å². The van der Waals surface area contributed by atoms with Gasteiger partial charge in [-0.05, 0) is 17.7 Å². The van der Waals surface area contributed by atoms with E-state index in [4.69, 9.17) is 0 Å². The quantitative estimate of drug-likeness (QED) is 0.673. The molecule has 0 unspecified atom stereocenters. The van der Waals surface area contributed by atoms with E-state index < -0.39 is 0 Å². The van der Waals surface area contributed by atoms with Crippen molar-refractivity contribution in [1.82, 2.24) is 4.90 Å². The smallest absolute Gasteiger partial charge is 0.253 e. The molecule has 0 N–H and O–H groups in total. The Kier molecular flexibility index (Phi) is 3.03. The Morgan fingerprint density at radius 1 is 1.23 bits per heavy atom. The molecular formula is C10H12NO2. The number of benzene rings is 1. The molecule has 0 aliphatic heterocycles. The molecule has 1 radical (unpaired) electrons. The van der Waals surface area contributed by atoms with E-state index in [1.807, 2.05) is 0 Å². The summed E-state index contributed by atoms with van der Waals surface area (Å²) in [4.78, 5) is 12.9. The minimum Gasteiger partial charge on any atom is -0.345 e. The van der Waals surface area contributed by atoms with Crippen LogP contribution in [0.2, 0.25) is 0 Å². The molecule has 0 aliphatic carbocycles. The standard InChI is InChI=1S/C10H12NO2/c1-11(2)10(13)9-5-3-8(7-12)4-6-9/h3-6H,7H2,1-2H3. The van der Waals surface area contributed by atoms with Crippen LogP contribution in [0.25, 0.3) is 0 Å². The van der Waals surface area contributed by atoms with E-state index in [1.165, 1.54) is 4.90 Å². The molecule has 1 rings (SSSR count). The molecule has 0 aliphatic rings. The number of carbonyl (C=O) groups excluding carboxylic acids is 1. The lowest BCUT2D eigenvalue weighted by Gasteiger charge is -2.09. The van der Waals surface area contributed by atoms with Crippen LogP contribution in [0.5, 0.6) is 0 Å². The molecule has 0 saturated carbocycles. The van der Waals surface area contributed by atoms with Crippen LogP contribution in [-0.4, -0.2) is 24.9 Å². The van der Waals surface area contributed by atoms with E-state index in [2.05, 4.69) is 0 Å². The maximum Gasteiger partial charge on any atom is 0.253 e. The predicted molar refractivity (Wildman–Crippen MR) is 48.9 cm³/mol. The predicted octanol–water partition coefficient (Wildman–Crippen LogP) is 1.32. The van der Waals surface area contributed by atoms with Crippen LogP contribution in [0.15, 0.2) is 24.3 Å². The van der Waals surface area contributed by atoms with Crippen LogP contribution in [0.3, 0.4) is 0 Å². The summed E-state index contributed by atoms with van der Waals surface area (Å²) in [6.07, 6.45) is 0. The van der Waals surface area contributed by atoms with Gasteiger partial charge in [-0.3, -0.25) is 4.79 Å². The number of hydrogen-bond donors (Lipinski definition) is 0. The van der Waals surface area contributed by atoms with Gasteiger partial charge in [0.2, 0.25) is 0 Å². The summed E-state index contributed by atoms with van der Waals surface area (Å²) < 4.78 is 0. The van der Waals surface area contributed by atoms with Crippen molar-refractivity contribution in [2.24, 2.45) is 0 Å². The lowest BCUT2D eigenvalue weighted by Crippen LogP contribution is -2.21. The molecular weight excluding hydrogens is 166 g/mol. The van der Waals surface area contributed by atoms with Gasteiger partial charge < -0.3 is 4.90 Å². The van der Waals surface area contributed by atoms with Crippen molar-refractivity contribution in [2.75, 3.05) is 14.1 Å². The normalized spacial score (nSPS) is 9.77. The third-order valence-electron chi connectivity index (χ3n) is 1.77. The highest BCUT2D eigenvalue weighted by Gasteiger charge is 2.06. The van der Waals surface area contributed by atoms with E-state index in [9.17, 15) is 9.90 Å². The lowest BCUT2D eigenvalue weighted by atomic mass is 10.1. The first-order valence-corrected chi connectivity index (χ1v) is 4.04. The van der Waals surface area contributed by atoms with Gasteiger partial charge in [-0.2, -0.15) is 0 Å². The van der Waals surface area contributed by atoms with E-state index in [1.54, 1.807) is 38.4 Å². The Bertz CT molecular complexity index is 290. The van der Waals surface area contributed by atoms with Gasteiger partial charge in [-0.1, -0.05) is 12.1 Å². The first kappa shape index (κ1) is 9.74. The Hall–Kier alpha value is -1.35. The fourth-order valence-electron chi connectivity index (χ4n) is 1.00. The molecule has 0 atom stereocenters. The molecule has 1 amide bonds. The van der Waals surface area contributed by atoms with Crippen LogP contribution >= 0.6 is 0 Å². The van der Waals surface area contributed by atoms with Crippen molar-refractivity contribution in [3.05, 3.63) is 35.4 Å². The number of rotatable bonds is 2. The van der Waals surface area contributed by atoms with Gasteiger partial charge in [0, 0.05) is 19.7 Å². The Balaban J connectivity index is 2.86. The van der Waals surface area contributed by atoms with Gasteiger partial charge >= 0.3 is 0 Å².